The van der Waals surface area contributed by atoms with Gasteiger partial charge in [-0.25, -0.2) is 4.39 Å². The zero-order valence-electron chi connectivity index (χ0n) is 15.3. The summed E-state index contributed by atoms with van der Waals surface area (Å²) in [5.74, 6) is 0.887. The lowest BCUT2D eigenvalue weighted by Crippen LogP contribution is -2.18. The molecule has 1 atom stereocenters. The highest BCUT2D eigenvalue weighted by Crippen LogP contribution is 2.23. The molecule has 3 aromatic rings. The van der Waals surface area contributed by atoms with Crippen LogP contribution in [0, 0.1) is 19.7 Å². The van der Waals surface area contributed by atoms with Gasteiger partial charge in [0.2, 0.25) is 0 Å². The second-order valence-corrected chi connectivity index (χ2v) is 7.26. The maximum absolute atomic E-state index is 13.6. The van der Waals surface area contributed by atoms with Crippen molar-refractivity contribution in [3.63, 3.8) is 0 Å². The van der Waals surface area contributed by atoms with Crippen molar-refractivity contribution >= 4 is 11.8 Å². The number of benzene rings is 2. The third-order valence-electron chi connectivity index (χ3n) is 3.99. The van der Waals surface area contributed by atoms with E-state index in [2.05, 4.69) is 16.3 Å². The van der Waals surface area contributed by atoms with Gasteiger partial charge in [0.15, 0.2) is 5.16 Å². The molecule has 142 valence electrons. The van der Waals surface area contributed by atoms with E-state index in [9.17, 15) is 9.50 Å². The van der Waals surface area contributed by atoms with E-state index in [-0.39, 0.29) is 19.0 Å². The molecule has 0 spiro atoms. The summed E-state index contributed by atoms with van der Waals surface area (Å²) < 4.78 is 21.0. The van der Waals surface area contributed by atoms with Crippen molar-refractivity contribution < 1.29 is 14.2 Å². The van der Waals surface area contributed by atoms with Gasteiger partial charge in [-0.15, -0.1) is 10.2 Å². The molecular weight excluding hydrogens is 365 g/mol. The van der Waals surface area contributed by atoms with Crippen LogP contribution >= 0.6 is 11.8 Å². The van der Waals surface area contributed by atoms with Crippen LogP contribution in [0.2, 0.25) is 0 Å². The summed E-state index contributed by atoms with van der Waals surface area (Å²) in [7, 11) is 0. The van der Waals surface area contributed by atoms with E-state index in [0.29, 0.717) is 16.5 Å². The normalized spacial score (nSPS) is 12.3. The molecule has 0 fully saturated rings. The minimum absolute atomic E-state index is 0.124. The first kappa shape index (κ1) is 19.5. The lowest BCUT2D eigenvalue weighted by atomic mass is 10.2. The van der Waals surface area contributed by atoms with Crippen LogP contribution in [-0.2, 0) is 11.3 Å². The first-order valence-corrected chi connectivity index (χ1v) is 9.64. The highest BCUT2D eigenvalue weighted by molar-refractivity contribution is 7.99. The third kappa shape index (κ3) is 5.15. The summed E-state index contributed by atoms with van der Waals surface area (Å²) in [6.45, 7) is 4.19. The van der Waals surface area contributed by atoms with Crippen LogP contribution < -0.4 is 0 Å². The number of halogens is 1. The zero-order chi connectivity index (χ0) is 19.2. The second-order valence-electron chi connectivity index (χ2n) is 6.28. The standard InChI is InChI=1S/C20H22FN3O2S/c1-14-6-5-8-17(10-14)24-15(2)22-23-20(24)27-13-18(25)12-26-11-16-7-3-4-9-19(16)21/h3-10,18,25H,11-13H2,1-2H3/t18-/m1/s1. The summed E-state index contributed by atoms with van der Waals surface area (Å²) in [5, 5.41) is 19.2. The number of aromatic nitrogens is 3. The first-order chi connectivity index (χ1) is 13.0. The van der Waals surface area contributed by atoms with Crippen molar-refractivity contribution in [1.82, 2.24) is 14.8 Å². The average Bonchev–Trinajstić information content (AvgIpc) is 3.02. The van der Waals surface area contributed by atoms with Crippen molar-refractivity contribution in [1.29, 1.82) is 0 Å². The van der Waals surface area contributed by atoms with Crippen molar-refractivity contribution in [2.75, 3.05) is 12.4 Å². The Morgan fingerprint density at radius 2 is 1.96 bits per heavy atom. The maximum Gasteiger partial charge on any atom is 0.195 e. The third-order valence-corrected chi connectivity index (χ3v) is 5.06. The smallest absolute Gasteiger partial charge is 0.195 e. The first-order valence-electron chi connectivity index (χ1n) is 8.65. The summed E-state index contributed by atoms with van der Waals surface area (Å²) in [5.41, 5.74) is 2.62. The minimum Gasteiger partial charge on any atom is -0.390 e. The molecule has 1 aromatic heterocycles. The van der Waals surface area contributed by atoms with E-state index in [1.165, 1.54) is 17.8 Å². The molecule has 0 radical (unpaired) electrons. The molecule has 0 aliphatic heterocycles. The Labute approximate surface area is 162 Å². The van der Waals surface area contributed by atoms with Gasteiger partial charge >= 0.3 is 0 Å². The van der Waals surface area contributed by atoms with E-state index < -0.39 is 6.10 Å². The Balaban J connectivity index is 1.55. The number of hydrogen-bond acceptors (Lipinski definition) is 5. The molecule has 0 bridgehead atoms. The summed E-state index contributed by atoms with van der Waals surface area (Å²) in [6.07, 6.45) is -0.690. The quantitative estimate of drug-likeness (QED) is 0.598. The molecule has 0 aliphatic carbocycles. The van der Waals surface area contributed by atoms with Crippen LogP contribution in [0.1, 0.15) is 17.0 Å². The fraction of sp³-hybridized carbons (Fsp3) is 0.300. The number of nitrogens with zero attached hydrogens (tertiary/aromatic N) is 3. The van der Waals surface area contributed by atoms with E-state index in [4.69, 9.17) is 4.74 Å². The van der Waals surface area contributed by atoms with Crippen molar-refractivity contribution in [3.05, 3.63) is 71.3 Å². The van der Waals surface area contributed by atoms with Crippen LogP contribution in [0.3, 0.4) is 0 Å². The van der Waals surface area contributed by atoms with Crippen molar-refractivity contribution in [2.45, 2.75) is 31.7 Å². The van der Waals surface area contributed by atoms with Crippen LogP contribution in [0.4, 0.5) is 4.39 Å². The molecule has 5 nitrogen and oxygen atoms in total. The van der Waals surface area contributed by atoms with Gasteiger partial charge in [0.05, 0.1) is 19.3 Å². The molecule has 7 heteroatoms. The van der Waals surface area contributed by atoms with E-state index in [1.807, 2.05) is 36.6 Å². The number of rotatable bonds is 8. The Bertz CT molecular complexity index is 900. The average molecular weight is 387 g/mol. The van der Waals surface area contributed by atoms with E-state index in [0.717, 1.165) is 17.1 Å². The van der Waals surface area contributed by atoms with Gasteiger partial charge in [-0.2, -0.15) is 0 Å². The Hall–Kier alpha value is -2.22. The zero-order valence-corrected chi connectivity index (χ0v) is 16.1. The molecule has 1 heterocycles. The predicted molar refractivity (Wildman–Crippen MR) is 104 cm³/mol. The number of aryl methyl sites for hydroxylation is 2. The topological polar surface area (TPSA) is 60.2 Å². The molecular formula is C20H22FN3O2S. The molecule has 2 aromatic carbocycles. The van der Waals surface area contributed by atoms with Gasteiger partial charge in [-0.05, 0) is 37.6 Å². The molecule has 0 unspecified atom stereocenters. The lowest BCUT2D eigenvalue weighted by molar-refractivity contribution is 0.0386. The van der Waals surface area contributed by atoms with Crippen molar-refractivity contribution in [3.8, 4) is 5.69 Å². The molecule has 3 rings (SSSR count). The van der Waals surface area contributed by atoms with E-state index >= 15 is 0 Å². The number of hydrogen-bond donors (Lipinski definition) is 1. The second kappa shape index (κ2) is 9.12. The van der Waals surface area contributed by atoms with E-state index in [1.54, 1.807) is 18.2 Å². The highest BCUT2D eigenvalue weighted by atomic mass is 32.2. The maximum atomic E-state index is 13.6. The molecule has 0 amide bonds. The predicted octanol–water partition coefficient (Wildman–Crippen LogP) is 3.69. The molecule has 0 aliphatic rings. The lowest BCUT2D eigenvalue weighted by Gasteiger charge is -2.12. The van der Waals surface area contributed by atoms with Crippen LogP contribution in [0.25, 0.3) is 5.69 Å². The van der Waals surface area contributed by atoms with Crippen LogP contribution in [0.15, 0.2) is 53.7 Å². The van der Waals surface area contributed by atoms with Gasteiger partial charge in [0, 0.05) is 17.0 Å². The van der Waals surface area contributed by atoms with Crippen LogP contribution in [0.5, 0.6) is 0 Å². The monoisotopic (exact) mass is 387 g/mol. The molecule has 1 N–H and O–H groups in total. The number of aliphatic hydroxyl groups is 1. The van der Waals surface area contributed by atoms with Crippen LogP contribution in [-0.4, -0.2) is 38.3 Å². The van der Waals surface area contributed by atoms with Gasteiger partial charge in [-0.1, -0.05) is 42.1 Å². The van der Waals surface area contributed by atoms with Gasteiger partial charge in [-0.3, -0.25) is 4.57 Å². The minimum atomic E-state index is -0.690. The van der Waals surface area contributed by atoms with Gasteiger partial charge in [0.1, 0.15) is 11.6 Å². The van der Waals surface area contributed by atoms with Gasteiger partial charge < -0.3 is 9.84 Å². The van der Waals surface area contributed by atoms with Crippen molar-refractivity contribution in [2.24, 2.45) is 0 Å². The van der Waals surface area contributed by atoms with Gasteiger partial charge in [0.25, 0.3) is 0 Å². The fourth-order valence-corrected chi connectivity index (χ4v) is 3.54. The number of thioether (sulfide) groups is 1. The molecule has 0 saturated heterocycles. The Morgan fingerprint density at radius 1 is 1.15 bits per heavy atom. The molecule has 27 heavy (non-hydrogen) atoms. The SMILES string of the molecule is Cc1cccc(-n2c(C)nnc2SC[C@H](O)COCc2ccccc2F)c1. The summed E-state index contributed by atoms with van der Waals surface area (Å²) in [4.78, 5) is 0. The Morgan fingerprint density at radius 3 is 2.74 bits per heavy atom. The highest BCUT2D eigenvalue weighted by Gasteiger charge is 2.14. The number of aliphatic hydroxyl groups excluding tert-OH is 1. The fourth-order valence-electron chi connectivity index (χ4n) is 2.64. The Kier molecular flexibility index (Phi) is 6.60. The summed E-state index contributed by atoms with van der Waals surface area (Å²) >= 11 is 1.41. The molecule has 0 saturated carbocycles. The number of ether oxygens (including phenoxy) is 1. The largest absolute Gasteiger partial charge is 0.390 e. The summed E-state index contributed by atoms with van der Waals surface area (Å²) in [6, 6.07) is 14.5.